The number of nitrogens with zero attached hydrogens (tertiary/aromatic N) is 1. The summed E-state index contributed by atoms with van der Waals surface area (Å²) in [5.41, 5.74) is 1.31. The standard InChI is InChI=1S/C18H25NO5/c1-12-8-14(9-13(2)15(12)24-4)16(20)19-7-5-6-18(10-19,11-23-3)17(21)22/h8-9H,5-7,10-11H2,1-4H3,(H,21,22). The minimum Gasteiger partial charge on any atom is -0.496 e. The summed E-state index contributed by atoms with van der Waals surface area (Å²) in [5, 5.41) is 9.61. The van der Waals surface area contributed by atoms with E-state index in [1.807, 2.05) is 13.8 Å². The fraction of sp³-hybridized carbons (Fsp3) is 0.556. The number of hydrogen-bond acceptors (Lipinski definition) is 4. The van der Waals surface area contributed by atoms with Crippen molar-refractivity contribution in [3.63, 3.8) is 0 Å². The molecule has 0 bridgehead atoms. The first kappa shape index (κ1) is 18.3. The molecule has 132 valence electrons. The molecule has 1 aliphatic rings. The number of hydrogen-bond donors (Lipinski definition) is 1. The van der Waals surface area contributed by atoms with Crippen LogP contribution >= 0.6 is 0 Å². The molecule has 1 amide bonds. The van der Waals surface area contributed by atoms with Gasteiger partial charge in [0.15, 0.2) is 0 Å². The van der Waals surface area contributed by atoms with Crippen LogP contribution in [-0.4, -0.2) is 55.8 Å². The minimum absolute atomic E-state index is 0.104. The summed E-state index contributed by atoms with van der Waals surface area (Å²) in [5.74, 6) is -0.293. The van der Waals surface area contributed by atoms with Gasteiger partial charge in [0.2, 0.25) is 0 Å². The first-order valence-electron chi connectivity index (χ1n) is 8.01. The van der Waals surface area contributed by atoms with Gasteiger partial charge in [0.05, 0.1) is 13.7 Å². The molecule has 0 spiro atoms. The van der Waals surface area contributed by atoms with Crippen molar-refractivity contribution >= 4 is 11.9 Å². The molecule has 1 aliphatic heterocycles. The fourth-order valence-corrected chi connectivity index (χ4v) is 3.51. The van der Waals surface area contributed by atoms with E-state index < -0.39 is 11.4 Å². The van der Waals surface area contributed by atoms with Gasteiger partial charge in [0, 0.05) is 25.8 Å². The number of aryl methyl sites for hydroxylation is 2. The van der Waals surface area contributed by atoms with E-state index in [4.69, 9.17) is 9.47 Å². The van der Waals surface area contributed by atoms with Crippen LogP contribution in [0.2, 0.25) is 0 Å². The molecule has 1 aromatic carbocycles. The van der Waals surface area contributed by atoms with Crippen molar-refractivity contribution < 1.29 is 24.2 Å². The molecular formula is C18H25NO5. The summed E-state index contributed by atoms with van der Waals surface area (Å²) in [4.78, 5) is 26.2. The molecule has 2 rings (SSSR count). The lowest BCUT2D eigenvalue weighted by Crippen LogP contribution is -2.52. The Morgan fingerprint density at radius 3 is 2.38 bits per heavy atom. The van der Waals surface area contributed by atoms with E-state index in [1.54, 1.807) is 24.1 Å². The van der Waals surface area contributed by atoms with E-state index in [0.29, 0.717) is 24.9 Å². The van der Waals surface area contributed by atoms with E-state index in [0.717, 1.165) is 16.9 Å². The van der Waals surface area contributed by atoms with E-state index >= 15 is 0 Å². The lowest BCUT2D eigenvalue weighted by Gasteiger charge is -2.39. The fourth-order valence-electron chi connectivity index (χ4n) is 3.51. The second kappa shape index (κ2) is 7.21. The zero-order chi connectivity index (χ0) is 17.9. The molecule has 24 heavy (non-hydrogen) atoms. The normalized spacial score (nSPS) is 20.8. The van der Waals surface area contributed by atoms with Crippen molar-refractivity contribution in [1.82, 2.24) is 4.90 Å². The van der Waals surface area contributed by atoms with Crippen molar-refractivity contribution in [3.05, 3.63) is 28.8 Å². The van der Waals surface area contributed by atoms with Crippen molar-refractivity contribution in [1.29, 1.82) is 0 Å². The highest BCUT2D eigenvalue weighted by Gasteiger charge is 2.44. The Kier molecular flexibility index (Phi) is 5.49. The molecule has 6 heteroatoms. The third-order valence-electron chi connectivity index (χ3n) is 4.65. The quantitative estimate of drug-likeness (QED) is 0.893. The zero-order valence-electron chi connectivity index (χ0n) is 14.7. The molecule has 0 aliphatic carbocycles. The lowest BCUT2D eigenvalue weighted by atomic mass is 9.80. The van der Waals surface area contributed by atoms with Crippen molar-refractivity contribution in [3.8, 4) is 5.75 Å². The first-order valence-corrected chi connectivity index (χ1v) is 8.01. The Bertz CT molecular complexity index is 615. The van der Waals surface area contributed by atoms with Gasteiger partial charge < -0.3 is 19.5 Å². The van der Waals surface area contributed by atoms with E-state index in [2.05, 4.69) is 0 Å². The predicted molar refractivity (Wildman–Crippen MR) is 89.6 cm³/mol. The maximum Gasteiger partial charge on any atom is 0.313 e. The molecule has 1 saturated heterocycles. The first-order chi connectivity index (χ1) is 11.3. The minimum atomic E-state index is -1.03. The summed E-state index contributed by atoms with van der Waals surface area (Å²) in [7, 11) is 3.09. The number of benzene rings is 1. The Balaban J connectivity index is 2.28. The molecule has 1 atom stereocenters. The van der Waals surface area contributed by atoms with Crippen molar-refractivity contribution in [2.24, 2.45) is 5.41 Å². The number of carboxylic acid groups (broad SMARTS) is 1. The molecule has 1 heterocycles. The van der Waals surface area contributed by atoms with Gasteiger partial charge in [-0.25, -0.2) is 0 Å². The average Bonchev–Trinajstić information content (AvgIpc) is 2.54. The van der Waals surface area contributed by atoms with Crippen LogP contribution in [0.3, 0.4) is 0 Å². The number of amides is 1. The number of carbonyl (C=O) groups is 2. The topological polar surface area (TPSA) is 76.1 Å². The molecule has 0 radical (unpaired) electrons. The maximum absolute atomic E-state index is 12.9. The van der Waals surface area contributed by atoms with Crippen LogP contribution in [0.4, 0.5) is 0 Å². The van der Waals surface area contributed by atoms with Gasteiger partial charge in [0.1, 0.15) is 11.2 Å². The van der Waals surface area contributed by atoms with E-state index in [9.17, 15) is 14.7 Å². The molecule has 0 aromatic heterocycles. The molecule has 1 fully saturated rings. The molecule has 1 aromatic rings. The summed E-state index contributed by atoms with van der Waals surface area (Å²) in [6.07, 6.45) is 1.16. The van der Waals surface area contributed by atoms with Crippen LogP contribution < -0.4 is 4.74 Å². The Hall–Kier alpha value is -2.08. The second-order valence-corrected chi connectivity index (χ2v) is 6.49. The monoisotopic (exact) mass is 335 g/mol. The van der Waals surface area contributed by atoms with Gasteiger partial charge in [-0.1, -0.05) is 0 Å². The second-order valence-electron chi connectivity index (χ2n) is 6.49. The molecule has 1 unspecified atom stereocenters. The zero-order valence-corrected chi connectivity index (χ0v) is 14.7. The highest BCUT2D eigenvalue weighted by Crippen LogP contribution is 2.32. The summed E-state index contributed by atoms with van der Waals surface area (Å²) >= 11 is 0. The van der Waals surface area contributed by atoms with Gasteiger partial charge in [-0.2, -0.15) is 0 Å². The van der Waals surface area contributed by atoms with Crippen molar-refractivity contribution in [2.75, 3.05) is 33.9 Å². The van der Waals surface area contributed by atoms with Crippen LogP contribution in [0.1, 0.15) is 34.3 Å². The van der Waals surface area contributed by atoms with E-state index in [1.165, 1.54) is 7.11 Å². The van der Waals surface area contributed by atoms with Crippen molar-refractivity contribution in [2.45, 2.75) is 26.7 Å². The van der Waals surface area contributed by atoms with Gasteiger partial charge in [0.25, 0.3) is 5.91 Å². The van der Waals surface area contributed by atoms with Crippen LogP contribution in [0.25, 0.3) is 0 Å². The third-order valence-corrected chi connectivity index (χ3v) is 4.65. The number of piperidine rings is 1. The summed E-state index contributed by atoms with van der Waals surface area (Å²) in [6.45, 7) is 4.62. The molecular weight excluding hydrogens is 310 g/mol. The predicted octanol–water partition coefficient (Wildman–Crippen LogP) is 2.27. The van der Waals surface area contributed by atoms with E-state index in [-0.39, 0.29) is 19.1 Å². The molecule has 0 saturated carbocycles. The average molecular weight is 335 g/mol. The summed E-state index contributed by atoms with van der Waals surface area (Å²) in [6, 6.07) is 3.59. The van der Waals surface area contributed by atoms with Gasteiger partial charge in [-0.05, 0) is 49.9 Å². The van der Waals surface area contributed by atoms with Crippen LogP contribution in [0.5, 0.6) is 5.75 Å². The number of methoxy groups -OCH3 is 2. The third kappa shape index (κ3) is 3.38. The van der Waals surface area contributed by atoms with Gasteiger partial charge in [-0.3, -0.25) is 9.59 Å². The number of carbonyl (C=O) groups excluding carboxylic acids is 1. The number of rotatable bonds is 5. The Morgan fingerprint density at radius 1 is 1.25 bits per heavy atom. The van der Waals surface area contributed by atoms with Crippen LogP contribution in [0.15, 0.2) is 12.1 Å². The number of aliphatic carboxylic acids is 1. The molecule has 6 nitrogen and oxygen atoms in total. The van der Waals surface area contributed by atoms with Gasteiger partial charge >= 0.3 is 5.97 Å². The van der Waals surface area contributed by atoms with Crippen LogP contribution in [-0.2, 0) is 9.53 Å². The lowest BCUT2D eigenvalue weighted by molar-refractivity contribution is -0.155. The maximum atomic E-state index is 12.9. The number of likely N-dealkylation sites (tertiary alicyclic amines) is 1. The smallest absolute Gasteiger partial charge is 0.313 e. The number of carboxylic acids is 1. The summed E-state index contributed by atoms with van der Waals surface area (Å²) < 4.78 is 10.4. The Labute approximate surface area is 142 Å². The highest BCUT2D eigenvalue weighted by molar-refractivity contribution is 5.95. The highest BCUT2D eigenvalue weighted by atomic mass is 16.5. The molecule has 1 N–H and O–H groups in total. The Morgan fingerprint density at radius 2 is 1.88 bits per heavy atom. The number of ether oxygens (including phenoxy) is 2. The SMILES string of the molecule is COCC1(C(=O)O)CCCN(C(=O)c2cc(C)c(OC)c(C)c2)C1. The largest absolute Gasteiger partial charge is 0.496 e. The van der Waals surface area contributed by atoms with Gasteiger partial charge in [-0.15, -0.1) is 0 Å². The van der Waals surface area contributed by atoms with Crippen LogP contribution in [0, 0.1) is 19.3 Å².